The summed E-state index contributed by atoms with van der Waals surface area (Å²) in [6.07, 6.45) is 0.748. The number of hydrazone groups is 1. The largest absolute Gasteiger partial charge is 0.287 e. The van der Waals surface area contributed by atoms with Crippen molar-refractivity contribution in [2.24, 2.45) is 5.10 Å². The van der Waals surface area contributed by atoms with Crippen molar-refractivity contribution in [3.8, 4) is 0 Å². The molecule has 0 fully saturated rings. The zero-order chi connectivity index (χ0) is 20.5. The molecule has 0 saturated carbocycles. The third-order valence-electron chi connectivity index (χ3n) is 5.09. The Kier molecular flexibility index (Phi) is 5.56. The summed E-state index contributed by atoms with van der Waals surface area (Å²) in [5, 5.41) is 7.31. The van der Waals surface area contributed by atoms with Gasteiger partial charge in [-0.3, -0.25) is 14.2 Å². The van der Waals surface area contributed by atoms with Crippen LogP contribution in [0.4, 0.5) is 0 Å². The molecule has 8 heteroatoms. The van der Waals surface area contributed by atoms with Gasteiger partial charge in [-0.2, -0.15) is 5.10 Å². The number of carbonyl (C=O) groups excluding carboxylic acids is 1. The summed E-state index contributed by atoms with van der Waals surface area (Å²) in [6, 6.07) is 9.92. The standard InChI is InChI=1S/C21H22N4O2S2/c1-4-24-20(27)18-13(2)14(3)29-19(18)22-21(24)28-12-17(26)25-11-10-16(23-25)15-8-6-5-7-9-15/h5-9H,4,10-12H2,1-3H3. The van der Waals surface area contributed by atoms with Crippen LogP contribution in [0.25, 0.3) is 10.2 Å². The van der Waals surface area contributed by atoms with Crippen molar-refractivity contribution in [3.05, 3.63) is 56.7 Å². The molecule has 0 saturated heterocycles. The third-order valence-corrected chi connectivity index (χ3v) is 7.15. The van der Waals surface area contributed by atoms with Gasteiger partial charge in [0.1, 0.15) is 4.83 Å². The fourth-order valence-electron chi connectivity index (χ4n) is 3.37. The summed E-state index contributed by atoms with van der Waals surface area (Å²) in [4.78, 5) is 32.1. The first-order valence-electron chi connectivity index (χ1n) is 9.56. The molecule has 1 aromatic carbocycles. The monoisotopic (exact) mass is 426 g/mol. The molecule has 0 spiro atoms. The minimum absolute atomic E-state index is 0.0279. The van der Waals surface area contributed by atoms with Crippen molar-refractivity contribution < 1.29 is 4.79 Å². The highest BCUT2D eigenvalue weighted by molar-refractivity contribution is 7.99. The first kappa shape index (κ1) is 19.8. The summed E-state index contributed by atoms with van der Waals surface area (Å²) >= 11 is 2.83. The summed E-state index contributed by atoms with van der Waals surface area (Å²) in [6.45, 7) is 6.99. The Bertz CT molecular complexity index is 1160. The molecule has 3 heterocycles. The predicted molar refractivity (Wildman–Crippen MR) is 119 cm³/mol. The molecule has 0 bridgehead atoms. The van der Waals surface area contributed by atoms with Crippen molar-refractivity contribution in [3.63, 3.8) is 0 Å². The number of hydrogen-bond donors (Lipinski definition) is 0. The lowest BCUT2D eigenvalue weighted by atomic mass is 10.1. The fourth-order valence-corrected chi connectivity index (χ4v) is 5.37. The first-order valence-corrected chi connectivity index (χ1v) is 11.4. The Labute approximate surface area is 177 Å². The van der Waals surface area contributed by atoms with Crippen LogP contribution in [-0.4, -0.2) is 38.5 Å². The van der Waals surface area contributed by atoms with E-state index in [2.05, 4.69) is 10.1 Å². The number of benzene rings is 1. The molecule has 1 aliphatic rings. The molecule has 29 heavy (non-hydrogen) atoms. The molecule has 0 atom stereocenters. The minimum atomic E-state index is -0.0727. The van der Waals surface area contributed by atoms with Crippen molar-refractivity contribution in [2.75, 3.05) is 12.3 Å². The van der Waals surface area contributed by atoms with Gasteiger partial charge < -0.3 is 0 Å². The van der Waals surface area contributed by atoms with E-state index in [4.69, 9.17) is 0 Å². The minimum Gasteiger partial charge on any atom is -0.287 e. The topological polar surface area (TPSA) is 67.6 Å². The van der Waals surface area contributed by atoms with Crippen molar-refractivity contribution in [1.29, 1.82) is 0 Å². The molecule has 4 rings (SSSR count). The van der Waals surface area contributed by atoms with Gasteiger partial charge in [0.25, 0.3) is 11.5 Å². The van der Waals surface area contributed by atoms with Crippen LogP contribution < -0.4 is 5.56 Å². The fraction of sp³-hybridized carbons (Fsp3) is 0.333. The van der Waals surface area contributed by atoms with E-state index < -0.39 is 0 Å². The predicted octanol–water partition coefficient (Wildman–Crippen LogP) is 3.82. The number of carbonyl (C=O) groups is 1. The normalized spacial score (nSPS) is 13.9. The smallest absolute Gasteiger partial charge is 0.263 e. The Morgan fingerprint density at radius 3 is 2.72 bits per heavy atom. The zero-order valence-electron chi connectivity index (χ0n) is 16.6. The van der Waals surface area contributed by atoms with E-state index in [1.807, 2.05) is 51.1 Å². The highest BCUT2D eigenvalue weighted by atomic mass is 32.2. The summed E-state index contributed by atoms with van der Waals surface area (Å²) in [5.74, 6) is 0.129. The number of aryl methyl sites for hydroxylation is 2. The van der Waals surface area contributed by atoms with Crippen LogP contribution in [0.1, 0.15) is 29.3 Å². The number of thiophene rings is 1. The molecule has 0 radical (unpaired) electrons. The molecule has 1 aliphatic heterocycles. The molecule has 1 amide bonds. The van der Waals surface area contributed by atoms with Crippen LogP contribution >= 0.6 is 23.1 Å². The summed E-state index contributed by atoms with van der Waals surface area (Å²) < 4.78 is 1.65. The lowest BCUT2D eigenvalue weighted by Gasteiger charge is -2.13. The van der Waals surface area contributed by atoms with Gasteiger partial charge in [-0.25, -0.2) is 9.99 Å². The van der Waals surface area contributed by atoms with Crippen LogP contribution in [-0.2, 0) is 11.3 Å². The number of amides is 1. The lowest BCUT2D eigenvalue weighted by molar-refractivity contribution is -0.127. The quantitative estimate of drug-likeness (QED) is 0.459. The second-order valence-electron chi connectivity index (χ2n) is 6.88. The SMILES string of the molecule is CCn1c(SCC(=O)N2CCC(c3ccccc3)=N2)nc2sc(C)c(C)c2c1=O. The highest BCUT2D eigenvalue weighted by Gasteiger charge is 2.23. The van der Waals surface area contributed by atoms with E-state index in [0.29, 0.717) is 23.6 Å². The number of thioether (sulfide) groups is 1. The van der Waals surface area contributed by atoms with Crippen LogP contribution in [0.2, 0.25) is 0 Å². The van der Waals surface area contributed by atoms with Crippen LogP contribution in [0.15, 0.2) is 45.4 Å². The number of rotatable bonds is 5. The Balaban J connectivity index is 1.53. The zero-order valence-corrected chi connectivity index (χ0v) is 18.3. The lowest BCUT2D eigenvalue weighted by Crippen LogP contribution is -2.26. The van der Waals surface area contributed by atoms with Gasteiger partial charge in [0, 0.05) is 17.8 Å². The maximum Gasteiger partial charge on any atom is 0.263 e. The van der Waals surface area contributed by atoms with Crippen molar-refractivity contribution in [1.82, 2.24) is 14.6 Å². The molecule has 0 unspecified atom stereocenters. The number of aromatic nitrogens is 2. The van der Waals surface area contributed by atoms with Crippen LogP contribution in [0.5, 0.6) is 0 Å². The molecule has 150 valence electrons. The van der Waals surface area contributed by atoms with E-state index in [0.717, 1.165) is 33.0 Å². The Morgan fingerprint density at radius 2 is 2.00 bits per heavy atom. The molecule has 0 N–H and O–H groups in total. The van der Waals surface area contributed by atoms with Gasteiger partial charge >= 0.3 is 0 Å². The summed E-state index contributed by atoms with van der Waals surface area (Å²) in [7, 11) is 0. The van der Waals surface area contributed by atoms with E-state index >= 15 is 0 Å². The van der Waals surface area contributed by atoms with E-state index in [1.165, 1.54) is 28.1 Å². The average molecular weight is 427 g/mol. The van der Waals surface area contributed by atoms with Gasteiger partial charge in [0.15, 0.2) is 5.16 Å². The van der Waals surface area contributed by atoms with Gasteiger partial charge in [0.05, 0.1) is 23.4 Å². The maximum absolute atomic E-state index is 12.9. The first-order chi connectivity index (χ1) is 14.0. The van der Waals surface area contributed by atoms with E-state index in [9.17, 15) is 9.59 Å². The molecule has 2 aromatic heterocycles. The summed E-state index contributed by atoms with van der Waals surface area (Å²) in [5.41, 5.74) is 2.95. The average Bonchev–Trinajstić information content (AvgIpc) is 3.32. The number of nitrogens with zero attached hydrogens (tertiary/aromatic N) is 4. The number of fused-ring (bicyclic) bond motifs is 1. The van der Waals surface area contributed by atoms with Gasteiger partial charge in [-0.15, -0.1) is 11.3 Å². The van der Waals surface area contributed by atoms with Crippen molar-refractivity contribution in [2.45, 2.75) is 38.9 Å². The maximum atomic E-state index is 12.9. The number of hydrogen-bond acceptors (Lipinski definition) is 6. The molecule has 3 aromatic rings. The third kappa shape index (κ3) is 3.74. The highest BCUT2D eigenvalue weighted by Crippen LogP contribution is 2.28. The van der Waals surface area contributed by atoms with Gasteiger partial charge in [0.2, 0.25) is 0 Å². The molecule has 6 nitrogen and oxygen atoms in total. The Hall–Kier alpha value is -2.45. The van der Waals surface area contributed by atoms with Crippen molar-refractivity contribution >= 4 is 44.9 Å². The molecular formula is C21H22N4O2S2. The van der Waals surface area contributed by atoms with E-state index in [1.54, 1.807) is 4.57 Å². The Morgan fingerprint density at radius 1 is 1.24 bits per heavy atom. The van der Waals surface area contributed by atoms with Crippen LogP contribution in [0, 0.1) is 13.8 Å². The van der Waals surface area contributed by atoms with Gasteiger partial charge in [-0.1, -0.05) is 42.1 Å². The molecule has 0 aliphatic carbocycles. The second-order valence-corrected chi connectivity index (χ2v) is 9.02. The van der Waals surface area contributed by atoms with Gasteiger partial charge in [-0.05, 0) is 31.9 Å². The molecular weight excluding hydrogens is 404 g/mol. The van der Waals surface area contributed by atoms with E-state index in [-0.39, 0.29) is 17.2 Å². The van der Waals surface area contributed by atoms with Crippen LogP contribution in [0.3, 0.4) is 0 Å². The second kappa shape index (κ2) is 8.12.